The third kappa shape index (κ3) is 2.99. The second-order valence-corrected chi connectivity index (χ2v) is 4.87. The summed E-state index contributed by atoms with van der Waals surface area (Å²) in [7, 11) is 0. The Balaban J connectivity index is 2.94. The van der Waals surface area contributed by atoms with Crippen molar-refractivity contribution in [2.75, 3.05) is 5.32 Å². The van der Waals surface area contributed by atoms with Gasteiger partial charge < -0.3 is 11.1 Å². The molecule has 1 rings (SSSR count). The molecule has 17 heavy (non-hydrogen) atoms. The number of anilines is 1. The monoisotopic (exact) mass is 234 g/mol. The van der Waals surface area contributed by atoms with Crippen molar-refractivity contribution in [1.82, 2.24) is 0 Å². The number of hydrogen-bond donors (Lipinski definition) is 2. The topological polar surface area (TPSA) is 55.1 Å². The van der Waals surface area contributed by atoms with E-state index in [1.165, 1.54) is 5.56 Å². The van der Waals surface area contributed by atoms with E-state index in [-0.39, 0.29) is 11.8 Å². The van der Waals surface area contributed by atoms with Crippen LogP contribution in [-0.4, -0.2) is 11.4 Å². The minimum atomic E-state index is -0.704. The van der Waals surface area contributed by atoms with Gasteiger partial charge in [0.2, 0.25) is 5.91 Å². The predicted molar refractivity (Wildman–Crippen MR) is 71.9 cm³/mol. The Kier molecular flexibility index (Phi) is 4.16. The van der Waals surface area contributed by atoms with Gasteiger partial charge in [0.25, 0.3) is 0 Å². The Morgan fingerprint density at radius 2 is 1.94 bits per heavy atom. The van der Waals surface area contributed by atoms with E-state index in [0.29, 0.717) is 0 Å². The molecular formula is C14H22N2O. The molecule has 0 aliphatic heterocycles. The Hall–Kier alpha value is -1.51. The normalized spacial score (nSPS) is 16.0. The number of benzene rings is 1. The van der Waals surface area contributed by atoms with Crippen molar-refractivity contribution < 1.29 is 4.79 Å². The molecule has 94 valence electrons. The van der Waals surface area contributed by atoms with Gasteiger partial charge in [-0.1, -0.05) is 38.0 Å². The van der Waals surface area contributed by atoms with Crippen LogP contribution in [0.1, 0.15) is 32.8 Å². The van der Waals surface area contributed by atoms with Gasteiger partial charge in [0, 0.05) is 5.69 Å². The molecule has 2 unspecified atom stereocenters. The molecule has 0 saturated carbocycles. The van der Waals surface area contributed by atoms with Crippen LogP contribution < -0.4 is 11.1 Å². The molecule has 1 aromatic rings. The summed E-state index contributed by atoms with van der Waals surface area (Å²) in [5.41, 5.74) is 6.94. The summed E-state index contributed by atoms with van der Waals surface area (Å²) < 4.78 is 0. The third-order valence-corrected chi connectivity index (χ3v) is 3.57. The lowest BCUT2D eigenvalue weighted by molar-refractivity contribution is -0.123. The molecule has 0 spiro atoms. The van der Waals surface area contributed by atoms with Crippen molar-refractivity contribution in [2.24, 2.45) is 11.7 Å². The molecule has 0 fully saturated rings. The minimum absolute atomic E-state index is 0.182. The second kappa shape index (κ2) is 5.21. The standard InChI is InChI=1S/C14H22N2O/c1-5-11(3)14(4,13(15)17)16-12-8-6-10(2)7-9-12/h6-9,11,16H,5H2,1-4H3,(H2,15,17). The number of aryl methyl sites for hydroxylation is 1. The van der Waals surface area contributed by atoms with Crippen molar-refractivity contribution in [3.05, 3.63) is 29.8 Å². The van der Waals surface area contributed by atoms with Crippen molar-refractivity contribution in [3.63, 3.8) is 0 Å². The van der Waals surface area contributed by atoms with E-state index in [0.717, 1.165) is 12.1 Å². The first-order valence-electron chi connectivity index (χ1n) is 6.05. The third-order valence-electron chi connectivity index (χ3n) is 3.57. The van der Waals surface area contributed by atoms with Gasteiger partial charge in [-0.25, -0.2) is 0 Å². The first-order valence-corrected chi connectivity index (χ1v) is 6.05. The van der Waals surface area contributed by atoms with Crippen molar-refractivity contribution in [1.29, 1.82) is 0 Å². The Morgan fingerprint density at radius 1 is 1.41 bits per heavy atom. The number of amides is 1. The van der Waals surface area contributed by atoms with Crippen LogP contribution in [0, 0.1) is 12.8 Å². The zero-order chi connectivity index (χ0) is 13.1. The quantitative estimate of drug-likeness (QED) is 0.823. The summed E-state index contributed by atoms with van der Waals surface area (Å²) >= 11 is 0. The Morgan fingerprint density at radius 3 is 2.35 bits per heavy atom. The molecule has 0 aliphatic carbocycles. The van der Waals surface area contributed by atoms with Gasteiger partial charge in [-0.15, -0.1) is 0 Å². The average Bonchev–Trinajstić information content (AvgIpc) is 2.30. The molecule has 1 aromatic carbocycles. The highest BCUT2D eigenvalue weighted by atomic mass is 16.1. The molecular weight excluding hydrogens is 212 g/mol. The van der Waals surface area contributed by atoms with Crippen LogP contribution in [0.15, 0.2) is 24.3 Å². The first kappa shape index (κ1) is 13.6. The number of carbonyl (C=O) groups is 1. The fraction of sp³-hybridized carbons (Fsp3) is 0.500. The van der Waals surface area contributed by atoms with Crippen molar-refractivity contribution >= 4 is 11.6 Å². The Labute approximate surface area is 103 Å². The van der Waals surface area contributed by atoms with E-state index in [1.54, 1.807) is 0 Å². The van der Waals surface area contributed by atoms with Crippen LogP contribution in [0.2, 0.25) is 0 Å². The van der Waals surface area contributed by atoms with Crippen LogP contribution in [-0.2, 0) is 4.79 Å². The van der Waals surface area contributed by atoms with Crippen molar-refractivity contribution in [2.45, 2.75) is 39.7 Å². The summed E-state index contributed by atoms with van der Waals surface area (Å²) in [5, 5.41) is 3.26. The lowest BCUT2D eigenvalue weighted by atomic mass is 9.84. The summed E-state index contributed by atoms with van der Waals surface area (Å²) in [5.74, 6) is -0.131. The molecule has 1 amide bonds. The summed E-state index contributed by atoms with van der Waals surface area (Å²) in [6.07, 6.45) is 0.901. The summed E-state index contributed by atoms with van der Waals surface area (Å²) in [6.45, 7) is 7.99. The minimum Gasteiger partial charge on any atom is -0.371 e. The highest BCUT2D eigenvalue weighted by Gasteiger charge is 2.36. The van der Waals surface area contributed by atoms with E-state index < -0.39 is 5.54 Å². The lowest BCUT2D eigenvalue weighted by Gasteiger charge is -2.34. The smallest absolute Gasteiger partial charge is 0.243 e. The van der Waals surface area contributed by atoms with Crippen LogP contribution in [0.25, 0.3) is 0 Å². The zero-order valence-corrected chi connectivity index (χ0v) is 11.1. The molecule has 0 saturated heterocycles. The summed E-state index contributed by atoms with van der Waals surface area (Å²) in [6, 6.07) is 7.97. The van der Waals surface area contributed by atoms with Crippen LogP contribution in [0.3, 0.4) is 0 Å². The highest BCUT2D eigenvalue weighted by Crippen LogP contribution is 2.25. The lowest BCUT2D eigenvalue weighted by Crippen LogP contribution is -2.52. The van der Waals surface area contributed by atoms with E-state index in [9.17, 15) is 4.79 Å². The maximum Gasteiger partial charge on any atom is 0.243 e. The molecule has 3 nitrogen and oxygen atoms in total. The molecule has 0 aliphatic rings. The largest absolute Gasteiger partial charge is 0.371 e. The number of nitrogens with one attached hydrogen (secondary N) is 1. The van der Waals surface area contributed by atoms with Gasteiger partial charge in [-0.05, 0) is 31.9 Å². The van der Waals surface area contributed by atoms with Gasteiger partial charge in [-0.3, -0.25) is 4.79 Å². The fourth-order valence-corrected chi connectivity index (χ4v) is 1.77. The van der Waals surface area contributed by atoms with Crippen LogP contribution in [0.4, 0.5) is 5.69 Å². The predicted octanol–water partition coefficient (Wildman–Crippen LogP) is 2.70. The van der Waals surface area contributed by atoms with Gasteiger partial charge in [-0.2, -0.15) is 0 Å². The second-order valence-electron chi connectivity index (χ2n) is 4.87. The molecule has 3 N–H and O–H groups in total. The van der Waals surface area contributed by atoms with Crippen LogP contribution in [0.5, 0.6) is 0 Å². The zero-order valence-electron chi connectivity index (χ0n) is 11.1. The number of carbonyl (C=O) groups excluding carboxylic acids is 1. The molecule has 3 heteroatoms. The molecule has 0 aromatic heterocycles. The molecule has 2 atom stereocenters. The van der Waals surface area contributed by atoms with Gasteiger partial charge >= 0.3 is 0 Å². The number of rotatable bonds is 5. The van der Waals surface area contributed by atoms with Crippen LogP contribution >= 0.6 is 0 Å². The van der Waals surface area contributed by atoms with Crippen molar-refractivity contribution in [3.8, 4) is 0 Å². The summed E-state index contributed by atoms with van der Waals surface area (Å²) in [4.78, 5) is 11.7. The fourth-order valence-electron chi connectivity index (χ4n) is 1.77. The van der Waals surface area contributed by atoms with Gasteiger partial charge in [0.05, 0.1) is 0 Å². The van der Waals surface area contributed by atoms with E-state index in [4.69, 9.17) is 5.73 Å². The molecule has 0 bridgehead atoms. The maximum atomic E-state index is 11.7. The van der Waals surface area contributed by atoms with E-state index in [2.05, 4.69) is 12.2 Å². The van der Waals surface area contributed by atoms with Gasteiger partial charge in [0.15, 0.2) is 0 Å². The highest BCUT2D eigenvalue weighted by molar-refractivity contribution is 5.87. The van der Waals surface area contributed by atoms with E-state index in [1.807, 2.05) is 45.0 Å². The number of hydrogen-bond acceptors (Lipinski definition) is 2. The van der Waals surface area contributed by atoms with Gasteiger partial charge in [0.1, 0.15) is 5.54 Å². The number of primary amides is 1. The van der Waals surface area contributed by atoms with E-state index >= 15 is 0 Å². The average molecular weight is 234 g/mol. The maximum absolute atomic E-state index is 11.7. The first-order chi connectivity index (χ1) is 7.90. The SMILES string of the molecule is CCC(C)C(C)(Nc1ccc(C)cc1)C(N)=O. The number of nitrogens with two attached hydrogens (primary N) is 1. The molecule has 0 heterocycles. The molecule has 0 radical (unpaired) electrons. The Bertz CT molecular complexity index is 386.